The molecule has 0 nitrogen and oxygen atoms in total. The normalized spacial score (nSPS) is 20.1. The minimum absolute atomic E-state index is 0. The summed E-state index contributed by atoms with van der Waals surface area (Å²) in [6, 6.07) is 0. The Kier molecular flexibility index (Phi) is 11.1. The van der Waals surface area contributed by atoms with E-state index in [1.165, 1.54) is 37.7 Å². The van der Waals surface area contributed by atoms with Crippen LogP contribution < -0.4 is 0 Å². The van der Waals surface area contributed by atoms with Crippen LogP contribution in [-0.4, -0.2) is 0 Å². The molecule has 2 rings (SSSR count). The van der Waals surface area contributed by atoms with Gasteiger partial charge in [0.2, 0.25) is 0 Å². The molecule has 0 aromatic heterocycles. The Morgan fingerprint density at radius 3 is 2.21 bits per heavy atom. The van der Waals surface area contributed by atoms with Crippen molar-refractivity contribution in [3.63, 3.8) is 0 Å². The van der Waals surface area contributed by atoms with E-state index < -0.39 is 0 Å². The van der Waals surface area contributed by atoms with Crippen molar-refractivity contribution in [3.05, 3.63) is 23.8 Å². The van der Waals surface area contributed by atoms with Crippen LogP contribution in [0.4, 0.5) is 0 Å². The Bertz CT molecular complexity index is 193. The summed E-state index contributed by atoms with van der Waals surface area (Å²) in [5.41, 5.74) is 1.50. The Hall–Kier alpha value is 0.774. The van der Waals surface area contributed by atoms with Gasteiger partial charge in [-0.05, 0) is 18.8 Å². The minimum Gasteiger partial charge on any atom is -0.269 e. The van der Waals surface area contributed by atoms with Crippen molar-refractivity contribution in [3.8, 4) is 0 Å². The van der Waals surface area contributed by atoms with E-state index in [9.17, 15) is 0 Å². The van der Waals surface area contributed by atoms with Gasteiger partial charge in [0.1, 0.15) is 0 Å². The fraction of sp³-hybridized carbons (Fsp3) is 0.636. The van der Waals surface area contributed by atoms with E-state index in [1.54, 1.807) is 0 Å². The molecule has 1 saturated carbocycles. The molecular weight excluding hydrogens is 251 g/mol. The van der Waals surface area contributed by atoms with Crippen LogP contribution >= 0.6 is 24.8 Å². The van der Waals surface area contributed by atoms with Crippen LogP contribution in [0.5, 0.6) is 0 Å². The van der Waals surface area contributed by atoms with E-state index in [0.717, 1.165) is 12.3 Å². The number of rotatable bonds is 1. The van der Waals surface area contributed by atoms with Crippen molar-refractivity contribution in [1.82, 2.24) is 0 Å². The average molecular weight is 268 g/mol. The second-order valence-electron chi connectivity index (χ2n) is 3.57. The molecule has 0 aromatic rings. The number of hydrogen-bond acceptors (Lipinski definition) is 0. The molecule has 0 radical (unpaired) electrons. The number of hydrogen-bond donors (Lipinski definition) is 0. The summed E-state index contributed by atoms with van der Waals surface area (Å²) in [5, 5.41) is 0. The first-order valence-electron chi connectivity index (χ1n) is 4.74. The zero-order valence-electron chi connectivity index (χ0n) is 8.29. The van der Waals surface area contributed by atoms with Gasteiger partial charge in [0, 0.05) is 21.7 Å². The first-order chi connectivity index (χ1) is 5.47. The molecule has 3 heteroatoms. The smallest absolute Gasteiger partial charge is 0 e. The Labute approximate surface area is 114 Å². The van der Waals surface area contributed by atoms with Crippen molar-refractivity contribution in [1.29, 1.82) is 0 Å². The van der Waals surface area contributed by atoms with Gasteiger partial charge < -0.3 is 0 Å². The van der Waals surface area contributed by atoms with Crippen LogP contribution in [-0.2, 0) is 21.7 Å². The Morgan fingerprint density at radius 2 is 1.71 bits per heavy atom. The fourth-order valence-corrected chi connectivity index (χ4v) is 2.12. The molecule has 0 amide bonds. The molecule has 0 unspecified atom stereocenters. The van der Waals surface area contributed by atoms with Crippen molar-refractivity contribution in [2.75, 3.05) is 0 Å². The zero-order chi connectivity index (χ0) is 7.52. The van der Waals surface area contributed by atoms with Gasteiger partial charge in [0.05, 0.1) is 0 Å². The van der Waals surface area contributed by atoms with Crippen molar-refractivity contribution < 1.29 is 21.7 Å². The molecule has 1 fully saturated rings. The zero-order valence-corrected chi connectivity index (χ0v) is 11.5. The van der Waals surface area contributed by atoms with Gasteiger partial charge in [0.25, 0.3) is 0 Å². The van der Waals surface area contributed by atoms with Crippen LogP contribution in [0.3, 0.4) is 0 Å². The quantitative estimate of drug-likeness (QED) is 0.496. The summed E-state index contributed by atoms with van der Waals surface area (Å²) < 4.78 is 0. The van der Waals surface area contributed by atoms with Crippen molar-refractivity contribution >= 4 is 24.8 Å². The average Bonchev–Trinajstić information content (AvgIpc) is 2.58. The second kappa shape index (κ2) is 9.03. The van der Waals surface area contributed by atoms with E-state index in [-0.39, 0.29) is 46.5 Å². The van der Waals surface area contributed by atoms with Crippen molar-refractivity contribution in [2.24, 2.45) is 5.92 Å². The van der Waals surface area contributed by atoms with Crippen LogP contribution in [0.2, 0.25) is 0 Å². The molecule has 0 spiro atoms. The molecular formula is C11H17Cl2Ti-. The number of halogens is 2. The molecule has 0 atom stereocenters. The predicted molar refractivity (Wildman–Crippen MR) is 61.6 cm³/mol. The summed E-state index contributed by atoms with van der Waals surface area (Å²) in [5.74, 6) is 0.863. The molecule has 80 valence electrons. The molecule has 0 aliphatic heterocycles. The van der Waals surface area contributed by atoms with Gasteiger partial charge >= 0.3 is 0 Å². The maximum Gasteiger partial charge on any atom is 0 e. The summed E-state index contributed by atoms with van der Waals surface area (Å²) in [6.07, 6.45) is 16.1. The first kappa shape index (κ1) is 17.2. The molecule has 0 bridgehead atoms. The molecule has 0 aromatic carbocycles. The van der Waals surface area contributed by atoms with Gasteiger partial charge in [-0.1, -0.05) is 19.3 Å². The van der Waals surface area contributed by atoms with Crippen LogP contribution in [0.15, 0.2) is 17.7 Å². The summed E-state index contributed by atoms with van der Waals surface area (Å²) in [4.78, 5) is 0. The molecule has 2 aliphatic rings. The van der Waals surface area contributed by atoms with E-state index >= 15 is 0 Å². The monoisotopic (exact) mass is 267 g/mol. The molecule has 0 heterocycles. The minimum atomic E-state index is 0. The maximum atomic E-state index is 3.43. The summed E-state index contributed by atoms with van der Waals surface area (Å²) in [7, 11) is 0. The van der Waals surface area contributed by atoms with Crippen LogP contribution in [0, 0.1) is 12.0 Å². The third kappa shape index (κ3) is 4.53. The molecule has 2 aliphatic carbocycles. The topological polar surface area (TPSA) is 0 Å². The van der Waals surface area contributed by atoms with E-state index in [0.29, 0.717) is 0 Å². The SMILES string of the molecule is Cl.Cl.[C-]1=C(C2CCCCC2)C=CC1.[Ti]. The van der Waals surface area contributed by atoms with Crippen LogP contribution in [0.1, 0.15) is 38.5 Å². The van der Waals surface area contributed by atoms with Gasteiger partial charge in [-0.15, -0.1) is 31.2 Å². The van der Waals surface area contributed by atoms with Gasteiger partial charge in [-0.25, -0.2) is 11.6 Å². The van der Waals surface area contributed by atoms with E-state index in [2.05, 4.69) is 18.2 Å². The van der Waals surface area contributed by atoms with Gasteiger partial charge in [-0.2, -0.15) is 6.08 Å². The Balaban J connectivity index is 0. The standard InChI is InChI=1S/C11H15.2ClH.Ti/c1-2-6-10(7-3-1)11-8-4-5-9-11;;;/h4,8,10H,1-3,5-7H2;2*1H;/q-1;;;. The third-order valence-corrected chi connectivity index (χ3v) is 2.77. The third-order valence-electron chi connectivity index (χ3n) is 2.77. The Morgan fingerprint density at radius 1 is 1.07 bits per heavy atom. The largest absolute Gasteiger partial charge is 0.269 e. The van der Waals surface area contributed by atoms with E-state index in [4.69, 9.17) is 0 Å². The fourth-order valence-electron chi connectivity index (χ4n) is 2.12. The molecule has 14 heavy (non-hydrogen) atoms. The maximum absolute atomic E-state index is 3.43. The second-order valence-corrected chi connectivity index (χ2v) is 3.57. The predicted octanol–water partition coefficient (Wildman–Crippen LogP) is 4.10. The van der Waals surface area contributed by atoms with Crippen LogP contribution in [0.25, 0.3) is 0 Å². The molecule has 0 N–H and O–H groups in total. The molecule has 0 saturated heterocycles. The summed E-state index contributed by atoms with van der Waals surface area (Å²) in [6.45, 7) is 0. The summed E-state index contributed by atoms with van der Waals surface area (Å²) >= 11 is 0. The van der Waals surface area contributed by atoms with E-state index in [1.807, 2.05) is 0 Å². The van der Waals surface area contributed by atoms with Crippen molar-refractivity contribution in [2.45, 2.75) is 38.5 Å². The first-order valence-corrected chi connectivity index (χ1v) is 4.74. The van der Waals surface area contributed by atoms with Gasteiger partial charge in [0.15, 0.2) is 0 Å². The number of allylic oxidation sites excluding steroid dienone is 4. The van der Waals surface area contributed by atoms with Gasteiger partial charge in [-0.3, -0.25) is 6.08 Å².